The molecule has 6 heteroatoms. The quantitative estimate of drug-likeness (QED) is 0.658. The van der Waals surface area contributed by atoms with Gasteiger partial charge in [-0.15, -0.1) is 0 Å². The number of aliphatic imine (C=N–C) groups is 1. The van der Waals surface area contributed by atoms with Gasteiger partial charge in [-0.1, -0.05) is 29.3 Å². The maximum absolute atomic E-state index is 6.24. The summed E-state index contributed by atoms with van der Waals surface area (Å²) in [5, 5.41) is 4.88. The van der Waals surface area contributed by atoms with E-state index >= 15 is 0 Å². The minimum absolute atomic E-state index is 0.482. The molecule has 0 aliphatic carbocycles. The Balaban J connectivity index is 1.32. The molecule has 3 fully saturated rings. The second-order valence-corrected chi connectivity index (χ2v) is 7.83. The van der Waals surface area contributed by atoms with E-state index in [1.165, 1.54) is 12.8 Å². The topological polar surface area (TPSA) is 36.9 Å². The zero-order chi connectivity index (χ0) is 16.7. The molecule has 0 aromatic heterocycles. The molecule has 1 aromatic rings. The molecule has 4 unspecified atom stereocenters. The number of likely N-dealkylation sites (tertiary alicyclic amines) is 1. The van der Waals surface area contributed by atoms with E-state index in [9.17, 15) is 0 Å². The predicted octanol–water partition coefficient (Wildman–Crippen LogP) is 3.22. The van der Waals surface area contributed by atoms with Gasteiger partial charge in [0.15, 0.2) is 5.96 Å². The number of guanidine groups is 1. The zero-order valence-electron chi connectivity index (χ0n) is 13.8. The van der Waals surface area contributed by atoms with E-state index in [-0.39, 0.29) is 0 Å². The van der Waals surface area contributed by atoms with E-state index in [2.05, 4.69) is 15.2 Å². The summed E-state index contributed by atoms with van der Waals surface area (Å²) in [5.74, 6) is 2.37. The first kappa shape index (κ1) is 16.5. The molecule has 3 saturated heterocycles. The van der Waals surface area contributed by atoms with Crippen molar-refractivity contribution >= 4 is 29.2 Å². The summed E-state index contributed by atoms with van der Waals surface area (Å²) in [6.45, 7) is 2.93. The molecule has 4 atom stereocenters. The van der Waals surface area contributed by atoms with E-state index in [0.29, 0.717) is 29.1 Å². The minimum Gasteiger partial charge on any atom is -0.374 e. The van der Waals surface area contributed by atoms with E-state index in [0.717, 1.165) is 42.6 Å². The molecule has 0 radical (unpaired) electrons. The molecule has 0 amide bonds. The lowest BCUT2D eigenvalue weighted by atomic mass is 9.82. The Hall–Kier alpha value is -0.970. The summed E-state index contributed by atoms with van der Waals surface area (Å²) in [5.41, 5.74) is 1.11. The van der Waals surface area contributed by atoms with Gasteiger partial charge in [-0.25, -0.2) is 0 Å². The van der Waals surface area contributed by atoms with Crippen molar-refractivity contribution in [3.63, 3.8) is 0 Å². The van der Waals surface area contributed by atoms with Crippen molar-refractivity contribution in [2.75, 3.05) is 26.7 Å². The van der Waals surface area contributed by atoms with Crippen LogP contribution < -0.4 is 5.32 Å². The number of nitrogens with one attached hydrogen (secondary N) is 1. The molecule has 2 bridgehead atoms. The van der Waals surface area contributed by atoms with Gasteiger partial charge < -0.3 is 15.0 Å². The average Bonchev–Trinajstić information content (AvgIpc) is 3.26. The third-order valence-corrected chi connectivity index (χ3v) is 6.24. The Morgan fingerprint density at radius 1 is 1.25 bits per heavy atom. The maximum Gasteiger partial charge on any atom is 0.193 e. The number of rotatable bonds is 3. The SMILES string of the molecule is CN=C(NCCc1ccc(Cl)cc1Cl)N1CC2C3CCC(O3)C2C1. The molecule has 0 spiro atoms. The average molecular weight is 368 g/mol. The smallest absolute Gasteiger partial charge is 0.193 e. The summed E-state index contributed by atoms with van der Waals surface area (Å²) >= 11 is 12.2. The lowest BCUT2D eigenvalue weighted by molar-refractivity contribution is 0.0767. The van der Waals surface area contributed by atoms with E-state index in [4.69, 9.17) is 27.9 Å². The van der Waals surface area contributed by atoms with Crippen LogP contribution in [0.25, 0.3) is 0 Å². The highest BCUT2D eigenvalue weighted by Crippen LogP contribution is 2.47. The number of hydrogen-bond donors (Lipinski definition) is 1. The maximum atomic E-state index is 6.24. The Morgan fingerprint density at radius 3 is 2.58 bits per heavy atom. The van der Waals surface area contributed by atoms with Crippen molar-refractivity contribution < 1.29 is 4.74 Å². The number of benzene rings is 1. The number of fused-ring (bicyclic) bond motifs is 5. The third-order valence-electron chi connectivity index (χ3n) is 5.66. The van der Waals surface area contributed by atoms with Crippen molar-refractivity contribution in [1.82, 2.24) is 10.2 Å². The first-order valence-electron chi connectivity index (χ1n) is 8.70. The van der Waals surface area contributed by atoms with Gasteiger partial charge in [0, 0.05) is 48.6 Å². The molecule has 4 rings (SSSR count). The van der Waals surface area contributed by atoms with Crippen LogP contribution >= 0.6 is 23.2 Å². The van der Waals surface area contributed by atoms with Gasteiger partial charge in [0.1, 0.15) is 0 Å². The van der Waals surface area contributed by atoms with Gasteiger partial charge >= 0.3 is 0 Å². The highest BCUT2D eigenvalue weighted by molar-refractivity contribution is 6.35. The van der Waals surface area contributed by atoms with Gasteiger partial charge in [0.05, 0.1) is 12.2 Å². The summed E-state index contributed by atoms with van der Waals surface area (Å²) in [6.07, 6.45) is 4.29. The Bertz CT molecular complexity index is 633. The van der Waals surface area contributed by atoms with Gasteiger partial charge in [-0.2, -0.15) is 0 Å². The van der Waals surface area contributed by atoms with Gasteiger partial charge in [-0.05, 0) is 37.0 Å². The first-order valence-corrected chi connectivity index (χ1v) is 9.46. The van der Waals surface area contributed by atoms with Crippen molar-refractivity contribution in [2.24, 2.45) is 16.8 Å². The van der Waals surface area contributed by atoms with Crippen LogP contribution in [0, 0.1) is 11.8 Å². The van der Waals surface area contributed by atoms with Crippen molar-refractivity contribution in [1.29, 1.82) is 0 Å². The second-order valence-electron chi connectivity index (χ2n) is 6.98. The molecule has 130 valence electrons. The summed E-state index contributed by atoms with van der Waals surface area (Å²) in [4.78, 5) is 6.87. The fourth-order valence-electron chi connectivity index (χ4n) is 4.50. The number of nitrogens with zero attached hydrogens (tertiary/aromatic N) is 2. The van der Waals surface area contributed by atoms with E-state index < -0.39 is 0 Å². The van der Waals surface area contributed by atoms with E-state index in [1.807, 2.05) is 19.2 Å². The van der Waals surface area contributed by atoms with Gasteiger partial charge in [-0.3, -0.25) is 4.99 Å². The van der Waals surface area contributed by atoms with Crippen LogP contribution in [0.4, 0.5) is 0 Å². The largest absolute Gasteiger partial charge is 0.374 e. The van der Waals surface area contributed by atoms with Crippen LogP contribution in [-0.4, -0.2) is 49.7 Å². The molecule has 3 aliphatic heterocycles. The summed E-state index contributed by atoms with van der Waals surface area (Å²) in [6, 6.07) is 5.67. The highest BCUT2D eigenvalue weighted by atomic mass is 35.5. The Labute approximate surface area is 153 Å². The first-order chi connectivity index (χ1) is 11.7. The minimum atomic E-state index is 0.482. The standard InChI is InChI=1S/C18H23Cl2N3O/c1-21-18(22-7-6-11-2-3-12(19)8-15(11)20)23-9-13-14(10-23)17-5-4-16(13)24-17/h2-3,8,13-14,16-17H,4-7,9-10H2,1H3,(H,21,22). The molecular weight excluding hydrogens is 345 g/mol. The summed E-state index contributed by atoms with van der Waals surface area (Å²) in [7, 11) is 1.86. The van der Waals surface area contributed by atoms with Crippen LogP contribution in [0.2, 0.25) is 10.0 Å². The van der Waals surface area contributed by atoms with Crippen LogP contribution in [-0.2, 0) is 11.2 Å². The van der Waals surface area contributed by atoms with Crippen molar-refractivity contribution in [2.45, 2.75) is 31.5 Å². The molecule has 4 nitrogen and oxygen atoms in total. The summed E-state index contributed by atoms with van der Waals surface area (Å²) < 4.78 is 6.05. The van der Waals surface area contributed by atoms with Crippen LogP contribution in [0.3, 0.4) is 0 Å². The molecule has 3 heterocycles. The molecule has 24 heavy (non-hydrogen) atoms. The van der Waals surface area contributed by atoms with E-state index in [1.54, 1.807) is 6.07 Å². The fraction of sp³-hybridized carbons (Fsp3) is 0.611. The van der Waals surface area contributed by atoms with Gasteiger partial charge in [0.25, 0.3) is 0 Å². The molecule has 3 aliphatic rings. The number of halogens is 2. The van der Waals surface area contributed by atoms with Crippen LogP contribution in [0.1, 0.15) is 18.4 Å². The number of hydrogen-bond acceptors (Lipinski definition) is 2. The fourth-order valence-corrected chi connectivity index (χ4v) is 5.00. The lowest BCUT2D eigenvalue weighted by Gasteiger charge is -2.23. The number of ether oxygens (including phenoxy) is 1. The normalized spacial score (nSPS) is 31.6. The van der Waals surface area contributed by atoms with Crippen molar-refractivity contribution in [3.8, 4) is 0 Å². The molecular formula is C18H23Cl2N3O. The molecule has 0 saturated carbocycles. The second kappa shape index (κ2) is 6.74. The van der Waals surface area contributed by atoms with Crippen LogP contribution in [0.5, 0.6) is 0 Å². The Morgan fingerprint density at radius 2 is 1.96 bits per heavy atom. The van der Waals surface area contributed by atoms with Crippen LogP contribution in [0.15, 0.2) is 23.2 Å². The van der Waals surface area contributed by atoms with Gasteiger partial charge in [0.2, 0.25) is 0 Å². The molecule has 1 aromatic carbocycles. The monoisotopic (exact) mass is 367 g/mol. The lowest BCUT2D eigenvalue weighted by Crippen LogP contribution is -2.42. The van der Waals surface area contributed by atoms with Crippen molar-refractivity contribution in [3.05, 3.63) is 33.8 Å². The zero-order valence-corrected chi connectivity index (χ0v) is 15.4. The molecule has 1 N–H and O–H groups in total. The Kier molecular flexibility index (Phi) is 4.63. The third kappa shape index (κ3) is 3.00. The predicted molar refractivity (Wildman–Crippen MR) is 98.0 cm³/mol. The highest BCUT2D eigenvalue weighted by Gasteiger charge is 2.53.